The molecule has 0 saturated heterocycles. The van der Waals surface area contributed by atoms with Crippen LogP contribution >= 0.6 is 0 Å². The fourth-order valence-electron chi connectivity index (χ4n) is 2.66. The van der Waals surface area contributed by atoms with E-state index in [0.29, 0.717) is 0 Å². The van der Waals surface area contributed by atoms with Crippen molar-refractivity contribution in [3.8, 4) is 0 Å². The number of carbonyl (C=O) groups excluding carboxylic acids is 1. The van der Waals surface area contributed by atoms with Crippen LogP contribution in [0.25, 0.3) is 10.8 Å². The van der Waals surface area contributed by atoms with Gasteiger partial charge in [-0.05, 0) is 48.1 Å². The van der Waals surface area contributed by atoms with Crippen molar-refractivity contribution in [2.75, 3.05) is 13.1 Å². The summed E-state index contributed by atoms with van der Waals surface area (Å²) in [5, 5.41) is 2.33. The van der Waals surface area contributed by atoms with Crippen LogP contribution in [-0.4, -0.2) is 23.9 Å². The molecule has 1 fully saturated rings. The summed E-state index contributed by atoms with van der Waals surface area (Å²) in [6.45, 7) is 3.93. The van der Waals surface area contributed by atoms with Gasteiger partial charge in [0.2, 0.25) is 0 Å². The normalized spacial score (nSPS) is 14.4. The first kappa shape index (κ1) is 13.2. The van der Waals surface area contributed by atoms with Gasteiger partial charge in [0.1, 0.15) is 0 Å². The van der Waals surface area contributed by atoms with E-state index in [9.17, 15) is 4.79 Å². The first-order valence-corrected chi connectivity index (χ1v) is 7.56. The monoisotopic (exact) mass is 267 g/mol. The van der Waals surface area contributed by atoms with Crippen molar-refractivity contribution in [2.24, 2.45) is 5.92 Å². The third-order valence-corrected chi connectivity index (χ3v) is 3.95. The van der Waals surface area contributed by atoms with Crippen LogP contribution < -0.4 is 0 Å². The molecule has 0 unspecified atom stereocenters. The zero-order chi connectivity index (χ0) is 13.9. The van der Waals surface area contributed by atoms with Crippen molar-refractivity contribution in [3.05, 3.63) is 48.0 Å². The van der Waals surface area contributed by atoms with E-state index in [-0.39, 0.29) is 5.91 Å². The maximum atomic E-state index is 12.7. The van der Waals surface area contributed by atoms with Crippen LogP contribution in [0.1, 0.15) is 36.5 Å². The molecule has 3 rings (SSSR count). The molecule has 104 valence electrons. The SMILES string of the molecule is CCCN(CC1CC1)C(=O)c1ccc2ccccc2c1. The van der Waals surface area contributed by atoms with E-state index in [1.54, 1.807) is 0 Å². The highest BCUT2D eigenvalue weighted by atomic mass is 16.2. The van der Waals surface area contributed by atoms with Crippen molar-refractivity contribution in [2.45, 2.75) is 26.2 Å². The van der Waals surface area contributed by atoms with Crippen LogP contribution in [-0.2, 0) is 0 Å². The van der Waals surface area contributed by atoms with E-state index < -0.39 is 0 Å². The van der Waals surface area contributed by atoms with Crippen LogP contribution in [0.2, 0.25) is 0 Å². The summed E-state index contributed by atoms with van der Waals surface area (Å²) in [6.07, 6.45) is 3.59. The summed E-state index contributed by atoms with van der Waals surface area (Å²) in [6, 6.07) is 14.2. The fraction of sp³-hybridized carbons (Fsp3) is 0.389. The van der Waals surface area contributed by atoms with Crippen LogP contribution in [0.3, 0.4) is 0 Å². The molecule has 1 aliphatic carbocycles. The number of hydrogen-bond donors (Lipinski definition) is 0. The van der Waals surface area contributed by atoms with E-state index >= 15 is 0 Å². The molecule has 1 amide bonds. The minimum Gasteiger partial charge on any atom is -0.338 e. The molecule has 2 nitrogen and oxygen atoms in total. The van der Waals surface area contributed by atoms with E-state index in [1.807, 2.05) is 35.2 Å². The molecule has 0 atom stereocenters. The average Bonchev–Trinajstić information content (AvgIpc) is 3.29. The lowest BCUT2D eigenvalue weighted by Gasteiger charge is -2.22. The van der Waals surface area contributed by atoms with E-state index in [0.717, 1.165) is 36.4 Å². The summed E-state index contributed by atoms with van der Waals surface area (Å²) in [5.74, 6) is 0.926. The van der Waals surface area contributed by atoms with Gasteiger partial charge in [-0.15, -0.1) is 0 Å². The largest absolute Gasteiger partial charge is 0.338 e. The van der Waals surface area contributed by atoms with Gasteiger partial charge in [0.25, 0.3) is 5.91 Å². The van der Waals surface area contributed by atoms with Crippen molar-refractivity contribution in [1.82, 2.24) is 4.90 Å². The molecule has 0 N–H and O–H groups in total. The second-order valence-electron chi connectivity index (χ2n) is 5.76. The third kappa shape index (κ3) is 2.84. The zero-order valence-corrected chi connectivity index (χ0v) is 12.0. The van der Waals surface area contributed by atoms with Crippen molar-refractivity contribution >= 4 is 16.7 Å². The topological polar surface area (TPSA) is 20.3 Å². The summed E-state index contributed by atoms with van der Waals surface area (Å²) in [5.41, 5.74) is 0.817. The summed E-state index contributed by atoms with van der Waals surface area (Å²) < 4.78 is 0. The van der Waals surface area contributed by atoms with Crippen LogP contribution in [0.15, 0.2) is 42.5 Å². The lowest BCUT2D eigenvalue weighted by Crippen LogP contribution is -2.33. The second kappa shape index (κ2) is 5.66. The Morgan fingerprint density at radius 2 is 1.90 bits per heavy atom. The molecule has 0 aliphatic heterocycles. The first-order chi connectivity index (χ1) is 9.78. The Hall–Kier alpha value is -1.83. The molecule has 1 aliphatic rings. The number of carbonyl (C=O) groups is 1. The predicted molar refractivity (Wildman–Crippen MR) is 82.9 cm³/mol. The third-order valence-electron chi connectivity index (χ3n) is 3.95. The molecule has 0 aromatic heterocycles. The van der Waals surface area contributed by atoms with Gasteiger partial charge in [-0.25, -0.2) is 0 Å². The standard InChI is InChI=1S/C18H21NO/c1-2-11-19(13-14-7-8-14)18(20)17-10-9-15-5-3-4-6-16(15)12-17/h3-6,9-10,12,14H,2,7-8,11,13H2,1H3. The number of fused-ring (bicyclic) bond motifs is 1. The van der Waals surface area contributed by atoms with Crippen LogP contribution in [0, 0.1) is 5.92 Å². The Balaban J connectivity index is 1.85. The van der Waals surface area contributed by atoms with Gasteiger partial charge in [0, 0.05) is 18.7 Å². The minimum atomic E-state index is 0.185. The molecule has 0 radical (unpaired) electrons. The molecule has 2 aromatic rings. The molecule has 20 heavy (non-hydrogen) atoms. The summed E-state index contributed by atoms with van der Waals surface area (Å²) in [7, 11) is 0. The molecular weight excluding hydrogens is 246 g/mol. The Kier molecular flexibility index (Phi) is 3.72. The molecule has 0 spiro atoms. The summed E-state index contributed by atoms with van der Waals surface area (Å²) >= 11 is 0. The number of nitrogens with zero attached hydrogens (tertiary/aromatic N) is 1. The predicted octanol–water partition coefficient (Wildman–Crippen LogP) is 4.10. The summed E-state index contributed by atoms with van der Waals surface area (Å²) in [4.78, 5) is 14.7. The highest BCUT2D eigenvalue weighted by Gasteiger charge is 2.26. The molecule has 2 aromatic carbocycles. The van der Waals surface area contributed by atoms with E-state index in [1.165, 1.54) is 18.2 Å². The smallest absolute Gasteiger partial charge is 0.253 e. The van der Waals surface area contributed by atoms with E-state index in [2.05, 4.69) is 19.1 Å². The van der Waals surface area contributed by atoms with Crippen molar-refractivity contribution in [1.29, 1.82) is 0 Å². The average molecular weight is 267 g/mol. The Labute approximate surface area is 120 Å². The van der Waals surface area contributed by atoms with Crippen molar-refractivity contribution in [3.63, 3.8) is 0 Å². The van der Waals surface area contributed by atoms with E-state index in [4.69, 9.17) is 0 Å². The van der Waals surface area contributed by atoms with Gasteiger partial charge < -0.3 is 4.90 Å². The van der Waals surface area contributed by atoms with Gasteiger partial charge in [0.05, 0.1) is 0 Å². The highest BCUT2D eigenvalue weighted by molar-refractivity contribution is 5.98. The highest BCUT2D eigenvalue weighted by Crippen LogP contribution is 2.30. The lowest BCUT2D eigenvalue weighted by molar-refractivity contribution is 0.0748. The maximum absolute atomic E-state index is 12.7. The van der Waals surface area contributed by atoms with Gasteiger partial charge in [-0.3, -0.25) is 4.79 Å². The maximum Gasteiger partial charge on any atom is 0.253 e. The quantitative estimate of drug-likeness (QED) is 0.798. The van der Waals surface area contributed by atoms with Crippen LogP contribution in [0.4, 0.5) is 0 Å². The second-order valence-corrected chi connectivity index (χ2v) is 5.76. The number of amides is 1. The molecule has 0 bridgehead atoms. The first-order valence-electron chi connectivity index (χ1n) is 7.56. The van der Waals surface area contributed by atoms with Gasteiger partial charge in [-0.2, -0.15) is 0 Å². The van der Waals surface area contributed by atoms with Gasteiger partial charge in [0.15, 0.2) is 0 Å². The van der Waals surface area contributed by atoms with Crippen LogP contribution in [0.5, 0.6) is 0 Å². The molecule has 2 heteroatoms. The fourth-order valence-corrected chi connectivity index (χ4v) is 2.66. The minimum absolute atomic E-state index is 0.185. The van der Waals surface area contributed by atoms with Gasteiger partial charge in [-0.1, -0.05) is 37.3 Å². The number of hydrogen-bond acceptors (Lipinski definition) is 1. The Morgan fingerprint density at radius 3 is 2.60 bits per heavy atom. The Bertz CT molecular complexity index is 616. The lowest BCUT2D eigenvalue weighted by atomic mass is 10.1. The number of rotatable bonds is 5. The Morgan fingerprint density at radius 1 is 1.15 bits per heavy atom. The zero-order valence-electron chi connectivity index (χ0n) is 12.0. The molecule has 0 heterocycles. The molecular formula is C18H21NO. The molecule has 1 saturated carbocycles. The van der Waals surface area contributed by atoms with Crippen molar-refractivity contribution < 1.29 is 4.79 Å². The number of benzene rings is 2. The van der Waals surface area contributed by atoms with Gasteiger partial charge >= 0.3 is 0 Å².